The summed E-state index contributed by atoms with van der Waals surface area (Å²) >= 11 is 1.77. The Labute approximate surface area is 332 Å². The molecule has 0 bridgehead atoms. The number of fused-ring (bicyclic) bond motifs is 8. The molecule has 0 unspecified atom stereocenters. The van der Waals surface area contributed by atoms with E-state index in [0.29, 0.717) is 5.82 Å². The van der Waals surface area contributed by atoms with E-state index >= 15 is 0 Å². The lowest BCUT2D eigenvalue weighted by molar-refractivity contribution is 1.12. The highest BCUT2D eigenvalue weighted by Gasteiger charge is 2.20. The van der Waals surface area contributed by atoms with E-state index < -0.39 is 0 Å². The van der Waals surface area contributed by atoms with Crippen LogP contribution < -0.4 is 0 Å². The minimum atomic E-state index is 0.678. The van der Waals surface area contributed by atoms with E-state index in [1.165, 1.54) is 37.0 Å². The summed E-state index contributed by atoms with van der Waals surface area (Å²) < 4.78 is 6.03. The van der Waals surface area contributed by atoms with E-state index in [4.69, 9.17) is 9.97 Å². The minimum Gasteiger partial charge on any atom is -0.309 e. The Balaban J connectivity index is 1.19. The van der Waals surface area contributed by atoms with Crippen molar-refractivity contribution in [2.24, 2.45) is 0 Å². The van der Waals surface area contributed by atoms with Crippen molar-refractivity contribution in [3.63, 3.8) is 0 Å². The largest absolute Gasteiger partial charge is 0.309 e. The van der Waals surface area contributed by atoms with Gasteiger partial charge in [-0.3, -0.25) is 0 Å². The second-order valence-corrected chi connectivity index (χ2v) is 15.7. The zero-order valence-electron chi connectivity index (χ0n) is 30.7. The number of thiophene rings is 1. The average Bonchev–Trinajstić information content (AvgIpc) is 3.97. The zero-order chi connectivity index (χ0) is 37.5. The van der Waals surface area contributed by atoms with Crippen molar-refractivity contribution in [1.82, 2.24) is 19.1 Å². The molecule has 4 aromatic heterocycles. The molecule has 266 valence electrons. The number of nitrogens with zero attached hydrogens (tertiary/aromatic N) is 4. The van der Waals surface area contributed by atoms with Crippen molar-refractivity contribution in [1.29, 1.82) is 0 Å². The lowest BCUT2D eigenvalue weighted by atomic mass is 10.0. The average molecular weight is 745 g/mol. The van der Waals surface area contributed by atoms with E-state index in [-0.39, 0.29) is 0 Å². The molecule has 0 saturated carbocycles. The Morgan fingerprint density at radius 1 is 0.368 bits per heavy atom. The number of rotatable bonds is 5. The molecule has 0 aliphatic heterocycles. The zero-order valence-corrected chi connectivity index (χ0v) is 31.5. The Bertz CT molecular complexity index is 3270. The van der Waals surface area contributed by atoms with Crippen LogP contribution in [0.15, 0.2) is 194 Å². The lowest BCUT2D eigenvalue weighted by Crippen LogP contribution is -2.02. The fraction of sp³-hybridized carbons (Fsp3) is 0. The minimum absolute atomic E-state index is 0.678. The van der Waals surface area contributed by atoms with Gasteiger partial charge in [0.1, 0.15) is 0 Å². The molecule has 4 nitrogen and oxygen atoms in total. The number of benzene rings is 8. The molecule has 5 heteroatoms. The molecule has 12 rings (SSSR count). The number of hydrogen-bond acceptors (Lipinski definition) is 3. The van der Waals surface area contributed by atoms with Gasteiger partial charge >= 0.3 is 0 Å². The van der Waals surface area contributed by atoms with Gasteiger partial charge in [-0.05, 0) is 76.8 Å². The van der Waals surface area contributed by atoms with Crippen LogP contribution >= 0.6 is 11.3 Å². The highest BCUT2D eigenvalue weighted by atomic mass is 32.1. The van der Waals surface area contributed by atoms with Gasteiger partial charge in [0.25, 0.3) is 0 Å². The molecule has 0 atom stereocenters. The van der Waals surface area contributed by atoms with Gasteiger partial charge in [0.15, 0.2) is 5.82 Å². The van der Waals surface area contributed by atoms with Crippen LogP contribution in [0.2, 0.25) is 0 Å². The van der Waals surface area contributed by atoms with E-state index in [1.54, 1.807) is 11.3 Å². The Morgan fingerprint density at radius 2 is 0.842 bits per heavy atom. The maximum absolute atomic E-state index is 5.47. The second kappa shape index (κ2) is 12.6. The van der Waals surface area contributed by atoms with Crippen molar-refractivity contribution < 1.29 is 0 Å². The van der Waals surface area contributed by atoms with E-state index in [0.717, 1.165) is 66.2 Å². The lowest BCUT2D eigenvalue weighted by Gasteiger charge is -2.16. The summed E-state index contributed by atoms with van der Waals surface area (Å²) in [6.07, 6.45) is 0. The van der Waals surface area contributed by atoms with Crippen LogP contribution in [0, 0.1) is 0 Å². The highest BCUT2D eigenvalue weighted by Crippen LogP contribution is 2.40. The number of para-hydroxylation sites is 4. The smallest absolute Gasteiger partial charge is 0.160 e. The van der Waals surface area contributed by atoms with Gasteiger partial charge in [-0.25, -0.2) is 9.97 Å². The first kappa shape index (κ1) is 32.0. The van der Waals surface area contributed by atoms with Gasteiger partial charge in [-0.2, -0.15) is 0 Å². The molecule has 4 heterocycles. The topological polar surface area (TPSA) is 35.6 Å². The standard InChI is InChI=1S/C52H32N4S/c1-3-17-38-33(14-1)16-13-22-39(38)44-32-45(51-30-34-15-2-12-27-50(34)57-51)54-52(53-44)35-28-36(55-46-23-8-4-18-40(46)41-19-5-9-24-47(41)55)31-37(29-35)56-48-25-10-6-20-42(48)43-21-7-11-26-49(43)56/h1-32H. The Hall–Kier alpha value is -7.34. The third kappa shape index (κ3) is 5.06. The molecule has 0 N–H and O–H groups in total. The van der Waals surface area contributed by atoms with Gasteiger partial charge in [0.2, 0.25) is 0 Å². The quantitative estimate of drug-likeness (QED) is 0.176. The summed E-state index contributed by atoms with van der Waals surface area (Å²) in [5.41, 5.74) is 10.5. The monoisotopic (exact) mass is 744 g/mol. The Morgan fingerprint density at radius 3 is 1.42 bits per heavy atom. The second-order valence-electron chi connectivity index (χ2n) is 14.6. The van der Waals surface area contributed by atoms with Crippen LogP contribution in [-0.2, 0) is 0 Å². The van der Waals surface area contributed by atoms with Crippen molar-refractivity contribution in [3.05, 3.63) is 194 Å². The predicted molar refractivity (Wildman–Crippen MR) is 240 cm³/mol. The molecular formula is C52H32N4S. The summed E-state index contributed by atoms with van der Waals surface area (Å²) in [7, 11) is 0. The van der Waals surface area contributed by atoms with Crippen LogP contribution in [0.25, 0.3) is 109 Å². The van der Waals surface area contributed by atoms with Crippen molar-refractivity contribution >= 4 is 75.8 Å². The maximum Gasteiger partial charge on any atom is 0.160 e. The van der Waals surface area contributed by atoms with Crippen LogP contribution in [0.3, 0.4) is 0 Å². The maximum atomic E-state index is 5.47. The van der Waals surface area contributed by atoms with Crippen LogP contribution in [0.5, 0.6) is 0 Å². The van der Waals surface area contributed by atoms with Gasteiger partial charge in [-0.1, -0.05) is 133 Å². The fourth-order valence-corrected chi connectivity index (χ4v) is 9.80. The Kier molecular flexibility index (Phi) is 7.06. The molecule has 0 radical (unpaired) electrons. The van der Waals surface area contributed by atoms with Crippen LogP contribution in [0.1, 0.15) is 0 Å². The fourth-order valence-electron chi connectivity index (χ4n) is 8.78. The molecule has 0 amide bonds. The predicted octanol–water partition coefficient (Wildman–Crippen LogP) is 14.0. The number of hydrogen-bond donors (Lipinski definition) is 0. The molecule has 0 saturated heterocycles. The van der Waals surface area contributed by atoms with Gasteiger partial charge in [0.05, 0.1) is 38.3 Å². The van der Waals surface area contributed by atoms with Crippen LogP contribution in [0.4, 0.5) is 0 Å². The highest BCUT2D eigenvalue weighted by molar-refractivity contribution is 7.22. The third-order valence-electron chi connectivity index (χ3n) is 11.3. The molecule has 0 fully saturated rings. The summed E-state index contributed by atoms with van der Waals surface area (Å²) in [4.78, 5) is 12.0. The molecule has 0 aliphatic carbocycles. The van der Waals surface area contributed by atoms with Crippen LogP contribution in [-0.4, -0.2) is 19.1 Å². The molecule has 57 heavy (non-hydrogen) atoms. The first-order valence-electron chi connectivity index (χ1n) is 19.2. The van der Waals surface area contributed by atoms with E-state index in [9.17, 15) is 0 Å². The van der Waals surface area contributed by atoms with Crippen molar-refractivity contribution in [3.8, 4) is 44.6 Å². The first-order valence-corrected chi connectivity index (χ1v) is 20.1. The van der Waals surface area contributed by atoms with E-state index in [2.05, 4.69) is 203 Å². The molecule has 0 aliphatic rings. The molecule has 8 aromatic carbocycles. The number of aromatic nitrogens is 4. The third-order valence-corrected chi connectivity index (χ3v) is 12.4. The summed E-state index contributed by atoms with van der Waals surface area (Å²) in [5, 5.41) is 8.44. The molecule has 0 spiro atoms. The summed E-state index contributed by atoms with van der Waals surface area (Å²) in [5.74, 6) is 0.678. The van der Waals surface area contributed by atoms with Crippen molar-refractivity contribution in [2.45, 2.75) is 0 Å². The van der Waals surface area contributed by atoms with E-state index in [1.807, 2.05) is 0 Å². The molecular weight excluding hydrogens is 713 g/mol. The van der Waals surface area contributed by atoms with Gasteiger partial charge in [0, 0.05) is 48.7 Å². The van der Waals surface area contributed by atoms with Gasteiger partial charge in [-0.15, -0.1) is 11.3 Å². The van der Waals surface area contributed by atoms with Crippen molar-refractivity contribution in [2.75, 3.05) is 0 Å². The summed E-state index contributed by atoms with van der Waals surface area (Å²) in [6, 6.07) is 69.7. The first-order chi connectivity index (χ1) is 28.2. The normalized spacial score (nSPS) is 11.9. The van der Waals surface area contributed by atoms with Gasteiger partial charge < -0.3 is 9.13 Å². The molecule has 12 aromatic rings. The SMILES string of the molecule is c1ccc2sc(-c3cc(-c4cccc5ccccc45)nc(-c4cc(-n5c6ccccc6c6ccccc65)cc(-n5c6ccccc6c6ccccc65)c4)n3)cc2c1. The summed E-state index contributed by atoms with van der Waals surface area (Å²) in [6.45, 7) is 0.